The molecule has 0 aromatic rings. The van der Waals surface area contributed by atoms with Crippen molar-refractivity contribution in [1.82, 2.24) is 0 Å². The number of hydrogen-bond acceptors (Lipinski definition) is 0. The first kappa shape index (κ1) is 24.1. The van der Waals surface area contributed by atoms with Crippen LogP contribution in [0.25, 0.3) is 0 Å². The molecular weight excluding hydrogens is 372 g/mol. The fourth-order valence-electron chi connectivity index (χ4n) is 8.87. The molecule has 4 fully saturated rings. The molecule has 0 bridgehead atoms. The van der Waals surface area contributed by atoms with Gasteiger partial charge in [-0.3, -0.25) is 0 Å². The molecule has 180 valence electrons. The van der Waals surface area contributed by atoms with Crippen LogP contribution in [0.1, 0.15) is 155 Å². The van der Waals surface area contributed by atoms with Crippen molar-refractivity contribution in [1.29, 1.82) is 0 Å². The molecule has 0 heteroatoms. The summed E-state index contributed by atoms with van der Waals surface area (Å²) in [6.45, 7) is 2.67. The Labute approximate surface area is 196 Å². The van der Waals surface area contributed by atoms with Gasteiger partial charge in [0.25, 0.3) is 0 Å². The molecule has 0 spiro atoms. The van der Waals surface area contributed by atoms with Gasteiger partial charge < -0.3 is 0 Å². The van der Waals surface area contributed by atoms with E-state index >= 15 is 0 Å². The van der Waals surface area contributed by atoms with Gasteiger partial charge in [-0.15, -0.1) is 0 Å². The molecule has 5 atom stereocenters. The maximum atomic E-state index is 2.67. The van der Waals surface area contributed by atoms with Gasteiger partial charge >= 0.3 is 0 Å². The van der Waals surface area contributed by atoms with E-state index in [1.807, 2.05) is 0 Å². The van der Waals surface area contributed by atoms with Gasteiger partial charge in [-0.2, -0.15) is 0 Å². The smallest absolute Gasteiger partial charge is 0.0381 e. The Bertz CT molecular complexity index is 468. The Hall–Kier alpha value is 0. The molecule has 0 saturated heterocycles. The van der Waals surface area contributed by atoms with Crippen LogP contribution in [0.15, 0.2) is 0 Å². The predicted molar refractivity (Wildman–Crippen MR) is 136 cm³/mol. The van der Waals surface area contributed by atoms with E-state index in [1.54, 1.807) is 70.6 Å². The van der Waals surface area contributed by atoms with E-state index < -0.39 is 0 Å². The molecule has 4 aliphatic carbocycles. The first-order valence-corrected chi connectivity index (χ1v) is 15.3. The molecule has 4 saturated carbocycles. The van der Waals surface area contributed by atoms with Gasteiger partial charge in [0.1, 0.15) is 0 Å². The number of rotatable bonds is 2. The average Bonchev–Trinajstić information content (AvgIpc) is 2.81. The lowest BCUT2D eigenvalue weighted by Gasteiger charge is -2.41. The van der Waals surface area contributed by atoms with Crippen LogP contribution in [0.2, 0.25) is 0 Å². The highest BCUT2D eigenvalue weighted by atomic mass is 14.4. The van der Waals surface area contributed by atoms with E-state index in [1.165, 1.54) is 77.0 Å². The molecule has 0 aromatic carbocycles. The zero-order valence-corrected chi connectivity index (χ0v) is 21.3. The topological polar surface area (TPSA) is 0 Å². The van der Waals surface area contributed by atoms with Crippen LogP contribution in [0.3, 0.4) is 0 Å². The normalized spacial score (nSPS) is 38.8. The molecular formula is C31H56. The fraction of sp³-hybridized carbons (Fsp3) is 1.00. The second-order valence-corrected chi connectivity index (χ2v) is 12.9. The van der Waals surface area contributed by atoms with Crippen molar-refractivity contribution in [3.63, 3.8) is 0 Å². The minimum absolute atomic E-state index is 0.979. The van der Waals surface area contributed by atoms with Gasteiger partial charge in [0.15, 0.2) is 0 Å². The van der Waals surface area contributed by atoms with E-state index in [0.717, 1.165) is 41.4 Å². The molecule has 0 N–H and O–H groups in total. The zero-order chi connectivity index (χ0) is 21.3. The maximum Gasteiger partial charge on any atom is -0.0381 e. The first-order valence-electron chi connectivity index (χ1n) is 15.3. The van der Waals surface area contributed by atoms with E-state index in [0.29, 0.717) is 0 Å². The summed E-state index contributed by atoms with van der Waals surface area (Å²) in [5.74, 6) is 7.43. The lowest BCUT2D eigenvalue weighted by molar-refractivity contribution is 0.0999. The highest BCUT2D eigenvalue weighted by molar-refractivity contribution is 4.86. The van der Waals surface area contributed by atoms with Crippen LogP contribution < -0.4 is 0 Å². The van der Waals surface area contributed by atoms with Gasteiger partial charge in [-0.1, -0.05) is 122 Å². The van der Waals surface area contributed by atoms with Crippen LogP contribution >= 0.6 is 0 Å². The molecule has 31 heavy (non-hydrogen) atoms. The quantitative estimate of drug-likeness (QED) is 0.410. The molecule has 0 aromatic heterocycles. The molecule has 0 radical (unpaired) electrons. The highest BCUT2D eigenvalue weighted by Gasteiger charge is 2.34. The number of hydrogen-bond donors (Lipinski definition) is 0. The zero-order valence-electron chi connectivity index (χ0n) is 21.3. The number of fused-ring (bicyclic) bond motifs is 1. The molecule has 0 aliphatic heterocycles. The minimum atomic E-state index is 0.979. The maximum absolute atomic E-state index is 2.67. The van der Waals surface area contributed by atoms with Crippen LogP contribution in [-0.2, 0) is 0 Å². The largest absolute Gasteiger partial charge is 0.0625 e. The average molecular weight is 429 g/mol. The predicted octanol–water partition coefficient (Wildman–Crippen LogP) is 10.3. The summed E-state index contributed by atoms with van der Waals surface area (Å²) in [6, 6.07) is 0. The molecule has 0 nitrogen and oxygen atoms in total. The second kappa shape index (κ2) is 13.0. The highest BCUT2D eigenvalue weighted by Crippen LogP contribution is 2.46. The van der Waals surface area contributed by atoms with Crippen molar-refractivity contribution in [3.8, 4) is 0 Å². The van der Waals surface area contributed by atoms with Gasteiger partial charge in [0.2, 0.25) is 0 Å². The van der Waals surface area contributed by atoms with Gasteiger partial charge in [-0.05, 0) is 73.5 Å². The van der Waals surface area contributed by atoms with Crippen LogP contribution in [0, 0.1) is 41.4 Å². The Morgan fingerprint density at radius 1 is 0.290 bits per heavy atom. The molecule has 4 aliphatic rings. The lowest BCUT2D eigenvalue weighted by Crippen LogP contribution is -2.30. The van der Waals surface area contributed by atoms with Crippen LogP contribution in [0.5, 0.6) is 0 Å². The summed E-state index contributed by atoms with van der Waals surface area (Å²) in [5.41, 5.74) is 0. The van der Waals surface area contributed by atoms with E-state index in [9.17, 15) is 0 Å². The first-order chi connectivity index (χ1) is 15.3. The van der Waals surface area contributed by atoms with Crippen molar-refractivity contribution in [3.05, 3.63) is 0 Å². The minimum Gasteiger partial charge on any atom is -0.0625 e. The van der Waals surface area contributed by atoms with E-state index in [4.69, 9.17) is 0 Å². The molecule has 0 amide bonds. The summed E-state index contributed by atoms with van der Waals surface area (Å²) in [7, 11) is 0. The Morgan fingerprint density at radius 3 is 1.19 bits per heavy atom. The van der Waals surface area contributed by atoms with E-state index in [2.05, 4.69) is 6.92 Å². The van der Waals surface area contributed by atoms with Crippen molar-refractivity contribution < 1.29 is 0 Å². The Balaban J connectivity index is 1.49. The summed E-state index contributed by atoms with van der Waals surface area (Å²) >= 11 is 0. The van der Waals surface area contributed by atoms with Crippen LogP contribution in [-0.4, -0.2) is 0 Å². The second-order valence-electron chi connectivity index (χ2n) is 12.9. The van der Waals surface area contributed by atoms with Crippen molar-refractivity contribution in [2.75, 3.05) is 0 Å². The SMILES string of the molecule is CC1CC2CCCCCCCCC2CCC(C2CCCCC2)CC(C2CCCCC2)C1. The third-order valence-corrected chi connectivity index (χ3v) is 10.6. The van der Waals surface area contributed by atoms with E-state index in [-0.39, 0.29) is 0 Å². The van der Waals surface area contributed by atoms with Crippen molar-refractivity contribution >= 4 is 0 Å². The van der Waals surface area contributed by atoms with Gasteiger partial charge in [0.05, 0.1) is 0 Å². The third-order valence-electron chi connectivity index (χ3n) is 10.6. The van der Waals surface area contributed by atoms with Gasteiger partial charge in [0, 0.05) is 0 Å². The molecule has 5 unspecified atom stereocenters. The summed E-state index contributed by atoms with van der Waals surface area (Å²) in [5, 5.41) is 0. The molecule has 4 rings (SSSR count). The summed E-state index contributed by atoms with van der Waals surface area (Å²) in [4.78, 5) is 0. The lowest BCUT2D eigenvalue weighted by atomic mass is 9.65. The Kier molecular flexibility index (Phi) is 10.1. The standard InChI is InChI=1S/C31H56/c1-25-22-29-19-9-5-3-2-4-8-18-28(29)20-21-30(26-14-10-6-11-15-26)24-31(23-25)27-16-12-7-13-17-27/h25-31H,2-24H2,1H3. The molecule has 0 heterocycles. The monoisotopic (exact) mass is 428 g/mol. The summed E-state index contributed by atoms with van der Waals surface area (Å²) in [6.07, 6.45) is 35.7. The van der Waals surface area contributed by atoms with Crippen molar-refractivity contribution in [2.45, 2.75) is 155 Å². The van der Waals surface area contributed by atoms with Crippen molar-refractivity contribution in [2.24, 2.45) is 41.4 Å². The van der Waals surface area contributed by atoms with Gasteiger partial charge in [-0.25, -0.2) is 0 Å². The Morgan fingerprint density at radius 2 is 0.613 bits per heavy atom. The summed E-state index contributed by atoms with van der Waals surface area (Å²) < 4.78 is 0. The van der Waals surface area contributed by atoms with Crippen LogP contribution in [0.4, 0.5) is 0 Å². The third kappa shape index (κ3) is 7.50. The fourth-order valence-corrected chi connectivity index (χ4v) is 8.87.